The van der Waals surface area contributed by atoms with Crippen LogP contribution < -0.4 is 15.8 Å². The molecule has 1 unspecified atom stereocenters. The van der Waals surface area contributed by atoms with Gasteiger partial charge in [-0.15, -0.1) is 11.8 Å². The second-order valence-electron chi connectivity index (χ2n) is 4.05. The van der Waals surface area contributed by atoms with Gasteiger partial charge in [-0.3, -0.25) is 9.59 Å². The highest BCUT2D eigenvalue weighted by Gasteiger charge is 2.12. The molecule has 1 amide bonds. The number of carboxylic acid groups (broad SMARTS) is 1. The molecule has 1 atom stereocenters. The number of benzene rings is 1. The summed E-state index contributed by atoms with van der Waals surface area (Å²) in [6.07, 6.45) is 0. The molecular weight excluding hydrogens is 280 g/mol. The van der Waals surface area contributed by atoms with Crippen LogP contribution in [0.5, 0.6) is 5.75 Å². The van der Waals surface area contributed by atoms with Crippen molar-refractivity contribution in [2.75, 3.05) is 18.6 Å². The van der Waals surface area contributed by atoms with Gasteiger partial charge in [-0.05, 0) is 6.07 Å². The van der Waals surface area contributed by atoms with Crippen molar-refractivity contribution in [2.45, 2.75) is 12.6 Å². The number of methoxy groups -OCH3 is 1. The standard InChI is InChI=1S/C13H18N2O4S/c1-19-11-5-3-2-4-9(11)6-15-12(16)8-20-7-10(14)13(17)18/h2-5,10H,6-8,14H2,1H3,(H,15,16)(H,17,18). The quantitative estimate of drug-likeness (QED) is 0.644. The summed E-state index contributed by atoms with van der Waals surface area (Å²) in [6.45, 7) is 0.369. The number of hydrogen-bond donors (Lipinski definition) is 3. The minimum atomic E-state index is -1.06. The maximum atomic E-state index is 11.6. The molecule has 1 aromatic carbocycles. The topological polar surface area (TPSA) is 102 Å². The van der Waals surface area contributed by atoms with Gasteiger partial charge in [0.1, 0.15) is 11.8 Å². The molecule has 6 nitrogen and oxygen atoms in total. The first-order valence-corrected chi connectivity index (χ1v) is 7.14. The number of carbonyl (C=O) groups excluding carboxylic acids is 1. The normalized spacial score (nSPS) is 11.7. The van der Waals surface area contributed by atoms with E-state index in [9.17, 15) is 9.59 Å². The molecule has 0 aliphatic rings. The summed E-state index contributed by atoms with van der Waals surface area (Å²) in [7, 11) is 1.57. The molecule has 110 valence electrons. The van der Waals surface area contributed by atoms with E-state index in [0.717, 1.165) is 5.56 Å². The van der Waals surface area contributed by atoms with Crippen molar-refractivity contribution in [3.63, 3.8) is 0 Å². The highest BCUT2D eigenvalue weighted by molar-refractivity contribution is 8.00. The van der Waals surface area contributed by atoms with E-state index in [2.05, 4.69) is 5.32 Å². The summed E-state index contributed by atoms with van der Waals surface area (Å²) in [5, 5.41) is 11.4. The van der Waals surface area contributed by atoms with Gasteiger partial charge in [0.25, 0.3) is 0 Å². The SMILES string of the molecule is COc1ccccc1CNC(=O)CSCC(N)C(=O)O. The highest BCUT2D eigenvalue weighted by Crippen LogP contribution is 2.16. The molecule has 0 spiro atoms. The van der Waals surface area contributed by atoms with E-state index in [1.165, 1.54) is 11.8 Å². The van der Waals surface area contributed by atoms with Crippen LogP contribution >= 0.6 is 11.8 Å². The Hall–Kier alpha value is -1.73. The van der Waals surface area contributed by atoms with E-state index >= 15 is 0 Å². The number of carbonyl (C=O) groups is 2. The predicted octanol–water partition coefficient (Wildman–Crippen LogP) is 0.456. The molecule has 7 heteroatoms. The second kappa shape index (κ2) is 8.44. The fraction of sp³-hybridized carbons (Fsp3) is 0.385. The summed E-state index contributed by atoms with van der Waals surface area (Å²) >= 11 is 1.19. The first-order chi connectivity index (χ1) is 9.54. The average Bonchev–Trinajstić information content (AvgIpc) is 2.45. The number of carboxylic acids is 1. The monoisotopic (exact) mass is 298 g/mol. The van der Waals surface area contributed by atoms with Crippen molar-refractivity contribution in [3.05, 3.63) is 29.8 Å². The fourth-order valence-electron chi connectivity index (χ4n) is 1.44. The van der Waals surface area contributed by atoms with Crippen LogP contribution in [0.15, 0.2) is 24.3 Å². The lowest BCUT2D eigenvalue weighted by Gasteiger charge is -2.10. The van der Waals surface area contributed by atoms with Gasteiger partial charge < -0.3 is 20.9 Å². The maximum Gasteiger partial charge on any atom is 0.321 e. The molecule has 0 radical (unpaired) electrons. The highest BCUT2D eigenvalue weighted by atomic mass is 32.2. The minimum absolute atomic E-state index is 0.168. The van der Waals surface area contributed by atoms with Crippen LogP contribution in [0.1, 0.15) is 5.56 Å². The molecule has 0 saturated heterocycles. The van der Waals surface area contributed by atoms with Crippen molar-refractivity contribution < 1.29 is 19.4 Å². The molecule has 0 aliphatic carbocycles. The van der Waals surface area contributed by atoms with E-state index in [-0.39, 0.29) is 17.4 Å². The van der Waals surface area contributed by atoms with E-state index in [0.29, 0.717) is 12.3 Å². The minimum Gasteiger partial charge on any atom is -0.496 e. The number of amides is 1. The van der Waals surface area contributed by atoms with Crippen LogP contribution in [0, 0.1) is 0 Å². The zero-order valence-electron chi connectivity index (χ0n) is 11.2. The molecule has 0 heterocycles. The molecule has 1 rings (SSSR count). The predicted molar refractivity (Wildman–Crippen MR) is 77.8 cm³/mol. The number of nitrogens with two attached hydrogens (primary N) is 1. The summed E-state index contributed by atoms with van der Waals surface area (Å²) in [5.74, 6) is -0.133. The van der Waals surface area contributed by atoms with E-state index in [4.69, 9.17) is 15.6 Å². The third kappa shape index (κ3) is 5.50. The number of thioether (sulfide) groups is 1. The van der Waals surface area contributed by atoms with Gasteiger partial charge in [-0.25, -0.2) is 0 Å². The van der Waals surface area contributed by atoms with Crippen LogP contribution in [-0.2, 0) is 16.1 Å². The number of ether oxygens (including phenoxy) is 1. The van der Waals surface area contributed by atoms with E-state index in [1.807, 2.05) is 24.3 Å². The Morgan fingerprint density at radius 3 is 2.80 bits per heavy atom. The lowest BCUT2D eigenvalue weighted by molar-refractivity contribution is -0.138. The summed E-state index contributed by atoms with van der Waals surface area (Å²) in [6, 6.07) is 6.47. The smallest absolute Gasteiger partial charge is 0.321 e. The fourth-order valence-corrected chi connectivity index (χ4v) is 2.25. The van der Waals surface area contributed by atoms with Gasteiger partial charge in [-0.1, -0.05) is 18.2 Å². The van der Waals surface area contributed by atoms with Crippen molar-refractivity contribution in [3.8, 4) is 5.75 Å². The van der Waals surface area contributed by atoms with E-state index < -0.39 is 12.0 Å². The van der Waals surface area contributed by atoms with Gasteiger partial charge >= 0.3 is 5.97 Å². The van der Waals surface area contributed by atoms with Crippen LogP contribution in [0.25, 0.3) is 0 Å². The van der Waals surface area contributed by atoms with Crippen molar-refractivity contribution in [1.82, 2.24) is 5.32 Å². The summed E-state index contributed by atoms with van der Waals surface area (Å²) < 4.78 is 5.18. The Bertz CT molecular complexity index is 467. The van der Waals surface area contributed by atoms with Gasteiger partial charge in [0, 0.05) is 17.9 Å². The van der Waals surface area contributed by atoms with Crippen molar-refractivity contribution in [2.24, 2.45) is 5.73 Å². The molecule has 0 aliphatic heterocycles. The molecule has 20 heavy (non-hydrogen) atoms. The van der Waals surface area contributed by atoms with E-state index in [1.54, 1.807) is 7.11 Å². The van der Waals surface area contributed by atoms with Crippen LogP contribution in [0.3, 0.4) is 0 Å². The maximum absolute atomic E-state index is 11.6. The number of nitrogens with one attached hydrogen (secondary N) is 1. The molecule has 4 N–H and O–H groups in total. The Labute approximate surface area is 121 Å². The lowest BCUT2D eigenvalue weighted by Crippen LogP contribution is -2.33. The van der Waals surface area contributed by atoms with Gasteiger partial charge in [-0.2, -0.15) is 0 Å². The number of para-hydroxylation sites is 1. The van der Waals surface area contributed by atoms with Crippen LogP contribution in [-0.4, -0.2) is 41.6 Å². The summed E-state index contributed by atoms with van der Waals surface area (Å²) in [4.78, 5) is 22.1. The molecular formula is C13H18N2O4S. The van der Waals surface area contributed by atoms with Gasteiger partial charge in [0.15, 0.2) is 0 Å². The molecule has 0 saturated carbocycles. The first-order valence-electron chi connectivity index (χ1n) is 5.99. The lowest BCUT2D eigenvalue weighted by atomic mass is 10.2. The summed E-state index contributed by atoms with van der Waals surface area (Å²) in [5.41, 5.74) is 6.22. The van der Waals surface area contributed by atoms with Gasteiger partial charge in [0.05, 0.1) is 12.9 Å². The molecule has 0 bridgehead atoms. The average molecular weight is 298 g/mol. The second-order valence-corrected chi connectivity index (χ2v) is 5.08. The largest absolute Gasteiger partial charge is 0.496 e. The van der Waals surface area contributed by atoms with Gasteiger partial charge in [0.2, 0.25) is 5.91 Å². The van der Waals surface area contributed by atoms with Crippen molar-refractivity contribution >= 4 is 23.6 Å². The zero-order valence-corrected chi connectivity index (χ0v) is 12.0. The number of rotatable bonds is 8. The first kappa shape index (κ1) is 16.3. The van der Waals surface area contributed by atoms with Crippen LogP contribution in [0.4, 0.5) is 0 Å². The Morgan fingerprint density at radius 2 is 2.15 bits per heavy atom. The zero-order chi connectivity index (χ0) is 15.0. The Kier molecular flexibility index (Phi) is 6.89. The molecule has 0 fully saturated rings. The third-order valence-electron chi connectivity index (χ3n) is 2.52. The Morgan fingerprint density at radius 1 is 1.45 bits per heavy atom. The molecule has 0 aromatic heterocycles. The number of hydrogen-bond acceptors (Lipinski definition) is 5. The van der Waals surface area contributed by atoms with Crippen LogP contribution in [0.2, 0.25) is 0 Å². The Balaban J connectivity index is 2.31. The third-order valence-corrected chi connectivity index (χ3v) is 3.58. The van der Waals surface area contributed by atoms with Crippen molar-refractivity contribution in [1.29, 1.82) is 0 Å². The molecule has 1 aromatic rings. The number of aliphatic carboxylic acids is 1.